The first kappa shape index (κ1) is 35.3. The Hall–Kier alpha value is -2.51. The van der Waals surface area contributed by atoms with Crippen LogP contribution >= 0.6 is 0 Å². The standard InChI is InChI=1S/C33H51FN2O9/c1-21(2)45-32(43)35-13-11-33(12-14-35)10-8-24(33)9-15-44-25-7-6-23(26(34)17-25)16-29(40)36-18-22(19-36)4-3-5-27(38)30(41)31(42)28(39)20-37/h6-7,17,21-22,24,27-28,30-31,37-39,41-42H,3-5,8-16,18-20H2,1-2H3/t24?,27-,28+,30+,31+/m0/s1. The third-order valence-corrected chi connectivity index (χ3v) is 10.1. The van der Waals surface area contributed by atoms with Crippen LogP contribution in [0.1, 0.15) is 70.8 Å². The molecular weight excluding hydrogens is 587 g/mol. The topological polar surface area (TPSA) is 160 Å². The number of ether oxygens (including phenoxy) is 2. The van der Waals surface area contributed by atoms with E-state index in [1.165, 1.54) is 6.07 Å². The first-order valence-corrected chi connectivity index (χ1v) is 16.4. The van der Waals surface area contributed by atoms with Gasteiger partial charge in [-0.3, -0.25) is 4.79 Å². The van der Waals surface area contributed by atoms with Gasteiger partial charge in [0, 0.05) is 32.2 Å². The summed E-state index contributed by atoms with van der Waals surface area (Å²) in [6.45, 7) is 5.98. The Labute approximate surface area is 264 Å². The monoisotopic (exact) mass is 638 g/mol. The highest BCUT2D eigenvalue weighted by atomic mass is 19.1. The molecule has 1 aliphatic carbocycles. The number of hydrogen-bond acceptors (Lipinski definition) is 9. The molecule has 11 nitrogen and oxygen atoms in total. The van der Waals surface area contributed by atoms with E-state index in [9.17, 15) is 34.4 Å². The molecule has 1 saturated carbocycles. The normalized spacial score (nSPS) is 22.4. The SMILES string of the molecule is CC(C)OC(=O)N1CCC2(CCC2CCOc2ccc(CC(=O)N3CC(CCC[C@H](O)[C@@H](O)[C@H](O)[C@H](O)CO)C3)c(F)c2)CC1. The number of benzene rings is 1. The van der Waals surface area contributed by atoms with E-state index >= 15 is 0 Å². The molecule has 0 aromatic heterocycles. The van der Waals surface area contributed by atoms with Crippen LogP contribution in [-0.2, 0) is 16.0 Å². The molecule has 2 heterocycles. The maximum atomic E-state index is 14.9. The molecule has 1 aromatic carbocycles. The fraction of sp³-hybridized carbons (Fsp3) is 0.758. The van der Waals surface area contributed by atoms with Crippen molar-refractivity contribution >= 4 is 12.0 Å². The summed E-state index contributed by atoms with van der Waals surface area (Å²) in [6.07, 6.45) is 0.215. The van der Waals surface area contributed by atoms with Gasteiger partial charge in [-0.25, -0.2) is 9.18 Å². The predicted octanol–water partition coefficient (Wildman–Crippen LogP) is 2.24. The maximum absolute atomic E-state index is 14.9. The van der Waals surface area contributed by atoms with Crippen LogP contribution in [0.25, 0.3) is 0 Å². The van der Waals surface area contributed by atoms with Gasteiger partial charge < -0.3 is 44.8 Å². The molecule has 5 N–H and O–H groups in total. The molecule has 2 saturated heterocycles. The van der Waals surface area contributed by atoms with Crippen LogP contribution in [0.5, 0.6) is 5.75 Å². The van der Waals surface area contributed by atoms with E-state index in [-0.39, 0.29) is 42.3 Å². The van der Waals surface area contributed by atoms with Crippen LogP contribution in [0, 0.1) is 23.1 Å². The number of amides is 2. The molecule has 3 aliphatic rings. The third-order valence-electron chi connectivity index (χ3n) is 10.1. The summed E-state index contributed by atoms with van der Waals surface area (Å²) in [5.41, 5.74) is 0.569. The van der Waals surface area contributed by atoms with Gasteiger partial charge in [-0.15, -0.1) is 0 Å². The van der Waals surface area contributed by atoms with Gasteiger partial charge in [0.05, 0.1) is 31.8 Å². The lowest BCUT2D eigenvalue weighted by molar-refractivity contribution is -0.137. The van der Waals surface area contributed by atoms with E-state index in [0.717, 1.165) is 32.1 Å². The second-order valence-electron chi connectivity index (χ2n) is 13.5. The van der Waals surface area contributed by atoms with E-state index in [2.05, 4.69) is 0 Å². The molecule has 2 amide bonds. The van der Waals surface area contributed by atoms with E-state index in [1.54, 1.807) is 21.9 Å². The summed E-state index contributed by atoms with van der Waals surface area (Å²) >= 11 is 0. The Bertz CT molecular complexity index is 1120. The van der Waals surface area contributed by atoms with Crippen LogP contribution in [0.2, 0.25) is 0 Å². The minimum absolute atomic E-state index is 0.0405. The summed E-state index contributed by atoms with van der Waals surface area (Å²) in [6, 6.07) is 4.65. The van der Waals surface area contributed by atoms with E-state index in [0.29, 0.717) is 62.9 Å². The molecule has 1 unspecified atom stereocenters. The van der Waals surface area contributed by atoms with Crippen molar-refractivity contribution in [1.29, 1.82) is 0 Å². The van der Waals surface area contributed by atoms with Crippen LogP contribution in [-0.4, -0.2) is 117 Å². The fourth-order valence-electron chi connectivity index (χ4n) is 6.94. The molecule has 12 heteroatoms. The molecular formula is C33H51FN2O9. The molecule has 254 valence electrons. The average molecular weight is 639 g/mol. The minimum Gasteiger partial charge on any atom is -0.493 e. The number of aliphatic hydroxyl groups excluding tert-OH is 5. The summed E-state index contributed by atoms with van der Waals surface area (Å²) in [5, 5.41) is 47.9. The number of carbonyl (C=O) groups excluding carboxylic acids is 2. The van der Waals surface area contributed by atoms with E-state index in [4.69, 9.17) is 14.6 Å². The van der Waals surface area contributed by atoms with Crippen LogP contribution in [0.3, 0.4) is 0 Å². The smallest absolute Gasteiger partial charge is 0.410 e. The van der Waals surface area contributed by atoms with Crippen molar-refractivity contribution in [3.63, 3.8) is 0 Å². The second-order valence-corrected chi connectivity index (χ2v) is 13.5. The molecule has 45 heavy (non-hydrogen) atoms. The first-order valence-electron chi connectivity index (χ1n) is 16.4. The van der Waals surface area contributed by atoms with Crippen molar-refractivity contribution in [1.82, 2.24) is 9.80 Å². The number of halogens is 1. The van der Waals surface area contributed by atoms with Crippen LogP contribution in [0.15, 0.2) is 18.2 Å². The van der Waals surface area contributed by atoms with Gasteiger partial charge in [0.1, 0.15) is 29.9 Å². The largest absolute Gasteiger partial charge is 0.493 e. The summed E-state index contributed by atoms with van der Waals surface area (Å²) in [5.74, 6) is 0.570. The zero-order valence-electron chi connectivity index (χ0n) is 26.5. The Morgan fingerprint density at radius 1 is 1.00 bits per heavy atom. The van der Waals surface area contributed by atoms with Gasteiger partial charge in [-0.05, 0) is 87.7 Å². The number of hydrogen-bond donors (Lipinski definition) is 5. The molecule has 4 rings (SSSR count). The molecule has 5 atom stereocenters. The van der Waals surface area contributed by atoms with Crippen molar-refractivity contribution in [3.8, 4) is 5.75 Å². The van der Waals surface area contributed by atoms with Crippen LogP contribution in [0.4, 0.5) is 9.18 Å². The summed E-state index contributed by atoms with van der Waals surface area (Å²) in [7, 11) is 0. The van der Waals surface area contributed by atoms with Crippen molar-refractivity contribution < 1.29 is 49.0 Å². The molecule has 3 fully saturated rings. The lowest BCUT2D eigenvalue weighted by Crippen LogP contribution is -2.51. The van der Waals surface area contributed by atoms with Crippen molar-refractivity contribution in [2.24, 2.45) is 17.3 Å². The summed E-state index contributed by atoms with van der Waals surface area (Å²) in [4.78, 5) is 28.4. The second kappa shape index (κ2) is 15.9. The van der Waals surface area contributed by atoms with Gasteiger partial charge in [0.2, 0.25) is 5.91 Å². The van der Waals surface area contributed by atoms with Gasteiger partial charge in [0.15, 0.2) is 0 Å². The number of carbonyl (C=O) groups is 2. The molecule has 1 aromatic rings. The zero-order chi connectivity index (χ0) is 32.7. The van der Waals surface area contributed by atoms with Gasteiger partial charge in [-0.2, -0.15) is 0 Å². The Kier molecular flexibility index (Phi) is 12.5. The van der Waals surface area contributed by atoms with Crippen LogP contribution < -0.4 is 4.74 Å². The van der Waals surface area contributed by atoms with Crippen molar-refractivity contribution in [2.45, 2.75) is 102 Å². The highest BCUT2D eigenvalue weighted by molar-refractivity contribution is 5.79. The molecule has 0 bridgehead atoms. The van der Waals surface area contributed by atoms with E-state index in [1.807, 2.05) is 13.8 Å². The number of piperidine rings is 1. The van der Waals surface area contributed by atoms with E-state index < -0.39 is 36.8 Å². The number of aliphatic hydroxyl groups is 5. The maximum Gasteiger partial charge on any atom is 0.410 e. The van der Waals surface area contributed by atoms with Crippen molar-refractivity contribution in [2.75, 3.05) is 39.4 Å². The summed E-state index contributed by atoms with van der Waals surface area (Å²) < 4.78 is 26.1. The van der Waals surface area contributed by atoms with Gasteiger partial charge in [-0.1, -0.05) is 12.5 Å². The fourth-order valence-corrected chi connectivity index (χ4v) is 6.94. The predicted molar refractivity (Wildman–Crippen MR) is 163 cm³/mol. The average Bonchev–Trinajstić information content (AvgIpc) is 2.99. The molecule has 2 aliphatic heterocycles. The van der Waals surface area contributed by atoms with Gasteiger partial charge in [0.25, 0.3) is 0 Å². The lowest BCUT2D eigenvalue weighted by Gasteiger charge is -2.54. The highest BCUT2D eigenvalue weighted by Crippen LogP contribution is 2.55. The Morgan fingerprint density at radius 3 is 2.29 bits per heavy atom. The highest BCUT2D eigenvalue weighted by Gasteiger charge is 2.48. The zero-order valence-corrected chi connectivity index (χ0v) is 26.5. The van der Waals surface area contributed by atoms with Crippen molar-refractivity contribution in [3.05, 3.63) is 29.6 Å². The number of likely N-dealkylation sites (tertiary alicyclic amines) is 2. The third kappa shape index (κ3) is 9.06. The quantitative estimate of drug-likeness (QED) is 0.194. The molecule has 0 radical (unpaired) electrons. The lowest BCUT2D eigenvalue weighted by atomic mass is 9.55. The Balaban J connectivity index is 1.12. The molecule has 1 spiro atoms. The number of rotatable bonds is 15. The first-order chi connectivity index (χ1) is 21.4. The minimum atomic E-state index is -1.64. The Morgan fingerprint density at radius 2 is 1.69 bits per heavy atom. The van der Waals surface area contributed by atoms with Gasteiger partial charge >= 0.3 is 6.09 Å². The number of nitrogens with zero attached hydrogens (tertiary/aromatic N) is 2.